The fourth-order valence-corrected chi connectivity index (χ4v) is 2.43. The molecule has 1 aliphatic rings. The van der Waals surface area contributed by atoms with Crippen LogP contribution in [0, 0.1) is 0 Å². The molecular weight excluding hydrogens is 280 g/mol. The Morgan fingerprint density at radius 2 is 2.14 bits per heavy atom. The number of hydrogen-bond donors (Lipinski definition) is 1. The molecule has 3 heterocycles. The number of pyridine rings is 2. The first kappa shape index (κ1) is 14.5. The Hall–Kier alpha value is -2.47. The Morgan fingerprint density at radius 3 is 2.86 bits per heavy atom. The molecular formula is C16H18N4O2. The molecule has 3 rings (SSSR count). The molecule has 2 aromatic heterocycles. The van der Waals surface area contributed by atoms with Gasteiger partial charge in [0.1, 0.15) is 11.8 Å². The van der Waals surface area contributed by atoms with E-state index in [0.29, 0.717) is 17.1 Å². The molecule has 1 aliphatic heterocycles. The van der Waals surface area contributed by atoms with E-state index in [4.69, 9.17) is 4.74 Å². The largest absolute Gasteiger partial charge is 0.471 e. The number of carbonyl (C=O) groups is 1. The van der Waals surface area contributed by atoms with Crippen molar-refractivity contribution < 1.29 is 9.53 Å². The first-order valence-electron chi connectivity index (χ1n) is 7.24. The molecule has 1 N–H and O–H groups in total. The maximum Gasteiger partial charge on any atom is 0.255 e. The number of likely N-dealkylation sites (N-methyl/N-ethyl adjacent to an activating group) is 1. The summed E-state index contributed by atoms with van der Waals surface area (Å²) in [6.45, 7) is 1.88. The van der Waals surface area contributed by atoms with Crippen molar-refractivity contribution in [3.8, 4) is 5.88 Å². The lowest BCUT2D eigenvalue weighted by molar-refractivity contribution is 0.102. The predicted octanol–water partition coefficient (Wildman–Crippen LogP) is 1.81. The van der Waals surface area contributed by atoms with Crippen LogP contribution in [0.25, 0.3) is 0 Å². The summed E-state index contributed by atoms with van der Waals surface area (Å²) in [6.07, 6.45) is 5.91. The van der Waals surface area contributed by atoms with Crippen LogP contribution in [-0.2, 0) is 0 Å². The van der Waals surface area contributed by atoms with Crippen LogP contribution in [0.5, 0.6) is 5.88 Å². The Bertz CT molecular complexity index is 648. The molecule has 1 amide bonds. The fraction of sp³-hybridized carbons (Fsp3) is 0.312. The monoisotopic (exact) mass is 298 g/mol. The molecule has 0 saturated carbocycles. The number of aromatic nitrogens is 2. The van der Waals surface area contributed by atoms with E-state index in [-0.39, 0.29) is 12.0 Å². The molecule has 2 aromatic rings. The van der Waals surface area contributed by atoms with Crippen molar-refractivity contribution in [2.24, 2.45) is 0 Å². The van der Waals surface area contributed by atoms with Gasteiger partial charge in [-0.1, -0.05) is 0 Å². The number of ether oxygens (including phenoxy) is 1. The molecule has 6 nitrogen and oxygen atoms in total. The van der Waals surface area contributed by atoms with E-state index in [9.17, 15) is 4.79 Å². The van der Waals surface area contributed by atoms with Crippen LogP contribution in [0.3, 0.4) is 0 Å². The zero-order valence-corrected chi connectivity index (χ0v) is 12.4. The summed E-state index contributed by atoms with van der Waals surface area (Å²) >= 11 is 0. The number of amides is 1. The van der Waals surface area contributed by atoms with Crippen molar-refractivity contribution in [3.63, 3.8) is 0 Å². The van der Waals surface area contributed by atoms with Gasteiger partial charge in [-0.2, -0.15) is 0 Å². The number of hydrogen-bond acceptors (Lipinski definition) is 5. The maximum atomic E-state index is 12.2. The fourth-order valence-electron chi connectivity index (χ4n) is 2.43. The normalized spacial score (nSPS) is 18.1. The summed E-state index contributed by atoms with van der Waals surface area (Å²) < 4.78 is 5.93. The summed E-state index contributed by atoms with van der Waals surface area (Å²) in [5.74, 6) is 0.258. The zero-order valence-electron chi connectivity index (χ0n) is 12.4. The maximum absolute atomic E-state index is 12.2. The molecule has 0 spiro atoms. The minimum absolute atomic E-state index is 0.108. The first-order valence-corrected chi connectivity index (χ1v) is 7.24. The highest BCUT2D eigenvalue weighted by atomic mass is 16.5. The molecule has 1 saturated heterocycles. The van der Waals surface area contributed by atoms with Gasteiger partial charge in [0.05, 0.1) is 0 Å². The van der Waals surface area contributed by atoms with Gasteiger partial charge in [0.2, 0.25) is 5.88 Å². The molecule has 1 unspecified atom stereocenters. The van der Waals surface area contributed by atoms with Crippen molar-refractivity contribution >= 4 is 11.6 Å². The van der Waals surface area contributed by atoms with Crippen LogP contribution in [0.1, 0.15) is 16.8 Å². The second kappa shape index (κ2) is 6.53. The number of carbonyl (C=O) groups excluding carboxylic acids is 1. The molecule has 0 aromatic carbocycles. The van der Waals surface area contributed by atoms with Gasteiger partial charge in [-0.25, -0.2) is 4.98 Å². The minimum Gasteiger partial charge on any atom is -0.471 e. The van der Waals surface area contributed by atoms with E-state index < -0.39 is 0 Å². The summed E-state index contributed by atoms with van der Waals surface area (Å²) in [5, 5.41) is 2.84. The molecule has 0 bridgehead atoms. The predicted molar refractivity (Wildman–Crippen MR) is 83.0 cm³/mol. The lowest BCUT2D eigenvalue weighted by atomic mass is 10.2. The van der Waals surface area contributed by atoms with Crippen molar-refractivity contribution in [2.45, 2.75) is 12.5 Å². The standard InChI is InChI=1S/C16H18N4O2/c1-20-10-6-13(11-20)22-16-14(3-2-7-18-16)19-15(21)12-4-8-17-9-5-12/h2-5,7-9,13H,6,10-11H2,1H3,(H,19,21). The number of likely N-dealkylation sites (tertiary alicyclic amines) is 1. The number of nitrogens with one attached hydrogen (secondary N) is 1. The van der Waals surface area contributed by atoms with Gasteiger partial charge in [-0.3, -0.25) is 9.78 Å². The second-order valence-corrected chi connectivity index (χ2v) is 5.34. The lowest BCUT2D eigenvalue weighted by Crippen LogP contribution is -2.22. The van der Waals surface area contributed by atoms with Gasteiger partial charge < -0.3 is 15.0 Å². The quantitative estimate of drug-likeness (QED) is 0.932. The van der Waals surface area contributed by atoms with Gasteiger partial charge in [0.15, 0.2) is 0 Å². The Kier molecular flexibility index (Phi) is 4.29. The number of rotatable bonds is 4. The summed E-state index contributed by atoms with van der Waals surface area (Å²) in [7, 11) is 2.06. The van der Waals surface area contributed by atoms with E-state index in [0.717, 1.165) is 19.5 Å². The third-order valence-electron chi connectivity index (χ3n) is 3.59. The van der Waals surface area contributed by atoms with Crippen molar-refractivity contribution in [3.05, 3.63) is 48.4 Å². The molecule has 114 valence electrons. The highest BCUT2D eigenvalue weighted by molar-refractivity contribution is 6.04. The van der Waals surface area contributed by atoms with Gasteiger partial charge in [-0.05, 0) is 37.7 Å². The lowest BCUT2D eigenvalue weighted by Gasteiger charge is -2.16. The smallest absolute Gasteiger partial charge is 0.255 e. The van der Waals surface area contributed by atoms with E-state index in [1.165, 1.54) is 0 Å². The van der Waals surface area contributed by atoms with E-state index in [2.05, 4.69) is 27.2 Å². The highest BCUT2D eigenvalue weighted by Crippen LogP contribution is 2.24. The number of nitrogens with zero attached hydrogens (tertiary/aromatic N) is 3. The van der Waals surface area contributed by atoms with E-state index >= 15 is 0 Å². The molecule has 1 atom stereocenters. The molecule has 0 aliphatic carbocycles. The Morgan fingerprint density at radius 1 is 1.32 bits per heavy atom. The van der Waals surface area contributed by atoms with Gasteiger partial charge in [0.25, 0.3) is 5.91 Å². The third kappa shape index (κ3) is 3.40. The second-order valence-electron chi connectivity index (χ2n) is 5.34. The van der Waals surface area contributed by atoms with Crippen LogP contribution in [0.2, 0.25) is 0 Å². The Labute approximate surface area is 129 Å². The summed E-state index contributed by atoms with van der Waals surface area (Å²) in [4.78, 5) is 22.6. The van der Waals surface area contributed by atoms with E-state index in [1.807, 2.05) is 0 Å². The summed E-state index contributed by atoms with van der Waals surface area (Å²) in [6, 6.07) is 6.90. The third-order valence-corrected chi connectivity index (χ3v) is 3.59. The van der Waals surface area contributed by atoms with Crippen molar-refractivity contribution in [1.82, 2.24) is 14.9 Å². The van der Waals surface area contributed by atoms with Gasteiger partial charge in [-0.15, -0.1) is 0 Å². The summed E-state index contributed by atoms with van der Waals surface area (Å²) in [5.41, 5.74) is 1.13. The van der Waals surface area contributed by atoms with Crippen molar-refractivity contribution in [1.29, 1.82) is 0 Å². The minimum atomic E-state index is -0.205. The topological polar surface area (TPSA) is 67.3 Å². The van der Waals surface area contributed by atoms with Crippen LogP contribution < -0.4 is 10.1 Å². The number of anilines is 1. The zero-order chi connectivity index (χ0) is 15.4. The Balaban J connectivity index is 1.72. The first-order chi connectivity index (χ1) is 10.7. The average molecular weight is 298 g/mol. The van der Waals surface area contributed by atoms with Crippen LogP contribution >= 0.6 is 0 Å². The van der Waals surface area contributed by atoms with Crippen LogP contribution in [-0.4, -0.2) is 47.0 Å². The molecule has 6 heteroatoms. The molecule has 1 fully saturated rings. The van der Waals surface area contributed by atoms with Gasteiger partial charge >= 0.3 is 0 Å². The SMILES string of the molecule is CN1CCC(Oc2ncccc2NC(=O)c2ccncc2)C1. The van der Waals surface area contributed by atoms with Crippen LogP contribution in [0.15, 0.2) is 42.9 Å². The molecule has 0 radical (unpaired) electrons. The van der Waals surface area contributed by atoms with Crippen LogP contribution in [0.4, 0.5) is 5.69 Å². The molecule has 22 heavy (non-hydrogen) atoms. The average Bonchev–Trinajstić information content (AvgIpc) is 2.95. The van der Waals surface area contributed by atoms with Gasteiger partial charge in [0, 0.05) is 37.2 Å². The van der Waals surface area contributed by atoms with Crippen molar-refractivity contribution in [2.75, 3.05) is 25.5 Å². The van der Waals surface area contributed by atoms with E-state index in [1.54, 1.807) is 42.9 Å². The highest BCUT2D eigenvalue weighted by Gasteiger charge is 2.22.